The number of benzene rings is 1. The van der Waals surface area contributed by atoms with Crippen molar-refractivity contribution in [2.45, 2.75) is 37.7 Å². The first kappa shape index (κ1) is 13.2. The SMILES string of the molecule is CCC(O)(CC)[C@H](Cl)C(=O)c1ccccc1. The van der Waals surface area contributed by atoms with Crippen LogP contribution < -0.4 is 0 Å². The Hall–Kier alpha value is -0.860. The number of rotatable bonds is 5. The minimum Gasteiger partial charge on any atom is -0.388 e. The van der Waals surface area contributed by atoms with Gasteiger partial charge in [0.05, 0.1) is 5.60 Å². The van der Waals surface area contributed by atoms with E-state index >= 15 is 0 Å². The van der Waals surface area contributed by atoms with Gasteiger partial charge in [-0.2, -0.15) is 0 Å². The molecule has 1 aromatic rings. The summed E-state index contributed by atoms with van der Waals surface area (Å²) in [5.41, 5.74) is -0.572. The van der Waals surface area contributed by atoms with Gasteiger partial charge < -0.3 is 5.11 Å². The summed E-state index contributed by atoms with van der Waals surface area (Å²) in [4.78, 5) is 12.0. The second-order valence-electron chi connectivity index (χ2n) is 3.90. The fourth-order valence-corrected chi connectivity index (χ4v) is 2.04. The lowest BCUT2D eigenvalue weighted by Crippen LogP contribution is -2.42. The quantitative estimate of drug-likeness (QED) is 0.635. The molecule has 0 fully saturated rings. The van der Waals surface area contributed by atoms with Gasteiger partial charge in [-0.3, -0.25) is 4.79 Å². The highest BCUT2D eigenvalue weighted by molar-refractivity contribution is 6.34. The number of alkyl halides is 1. The summed E-state index contributed by atoms with van der Waals surface area (Å²) < 4.78 is 0. The molecule has 0 saturated carbocycles. The number of halogens is 1. The van der Waals surface area contributed by atoms with Crippen LogP contribution in [0.1, 0.15) is 37.0 Å². The molecule has 0 heterocycles. The number of hydrogen-bond donors (Lipinski definition) is 1. The maximum Gasteiger partial charge on any atom is 0.183 e. The van der Waals surface area contributed by atoms with Crippen LogP contribution in [0.25, 0.3) is 0 Å². The summed E-state index contributed by atoms with van der Waals surface area (Å²) in [7, 11) is 0. The predicted molar refractivity (Wildman–Crippen MR) is 65.9 cm³/mol. The third-order valence-corrected chi connectivity index (χ3v) is 3.59. The molecule has 0 radical (unpaired) electrons. The molecule has 1 N–H and O–H groups in total. The largest absolute Gasteiger partial charge is 0.388 e. The molecule has 0 amide bonds. The van der Waals surface area contributed by atoms with Crippen molar-refractivity contribution in [3.63, 3.8) is 0 Å². The first-order chi connectivity index (χ1) is 7.55. The van der Waals surface area contributed by atoms with Crippen LogP contribution in [0.15, 0.2) is 30.3 Å². The van der Waals surface area contributed by atoms with Crippen LogP contribution >= 0.6 is 11.6 Å². The van der Waals surface area contributed by atoms with Crippen LogP contribution in [-0.2, 0) is 0 Å². The van der Waals surface area contributed by atoms with Gasteiger partial charge in [0.1, 0.15) is 5.38 Å². The lowest BCUT2D eigenvalue weighted by Gasteiger charge is -2.29. The van der Waals surface area contributed by atoms with Crippen LogP contribution in [-0.4, -0.2) is 21.9 Å². The first-order valence-corrected chi connectivity index (χ1v) is 5.94. The Balaban J connectivity index is 2.90. The zero-order valence-corrected chi connectivity index (χ0v) is 10.4. The number of carbonyl (C=O) groups excluding carboxylic acids is 1. The van der Waals surface area contributed by atoms with E-state index in [9.17, 15) is 9.90 Å². The summed E-state index contributed by atoms with van der Waals surface area (Å²) in [6.07, 6.45) is 0.937. The van der Waals surface area contributed by atoms with E-state index in [4.69, 9.17) is 11.6 Å². The van der Waals surface area contributed by atoms with Gasteiger partial charge in [0, 0.05) is 5.56 Å². The normalized spacial score (nSPS) is 13.5. The van der Waals surface area contributed by atoms with E-state index < -0.39 is 11.0 Å². The van der Waals surface area contributed by atoms with Crippen LogP contribution in [0.5, 0.6) is 0 Å². The van der Waals surface area contributed by atoms with E-state index in [0.717, 1.165) is 0 Å². The van der Waals surface area contributed by atoms with E-state index in [2.05, 4.69) is 0 Å². The number of Topliss-reactive ketones (excluding diaryl/α,β-unsaturated/α-hetero) is 1. The second kappa shape index (κ2) is 5.46. The molecule has 0 unspecified atom stereocenters. The van der Waals surface area contributed by atoms with Crippen LogP contribution in [0.3, 0.4) is 0 Å². The number of aliphatic hydroxyl groups is 1. The van der Waals surface area contributed by atoms with Crippen molar-refractivity contribution in [1.82, 2.24) is 0 Å². The Morgan fingerprint density at radius 2 is 1.81 bits per heavy atom. The lowest BCUT2D eigenvalue weighted by atomic mass is 9.88. The Morgan fingerprint density at radius 3 is 2.25 bits per heavy atom. The smallest absolute Gasteiger partial charge is 0.183 e. The van der Waals surface area contributed by atoms with Gasteiger partial charge in [0.2, 0.25) is 0 Å². The lowest BCUT2D eigenvalue weighted by molar-refractivity contribution is 0.0276. The van der Waals surface area contributed by atoms with Crippen molar-refractivity contribution in [1.29, 1.82) is 0 Å². The van der Waals surface area contributed by atoms with Crippen molar-refractivity contribution in [3.8, 4) is 0 Å². The predicted octanol–water partition coefficient (Wildman–Crippen LogP) is 3.03. The van der Waals surface area contributed by atoms with Gasteiger partial charge in [0.15, 0.2) is 5.78 Å². The number of ketones is 1. The van der Waals surface area contributed by atoms with Crippen LogP contribution in [0, 0.1) is 0 Å². The molecular weight excluding hydrogens is 224 g/mol. The molecule has 1 atom stereocenters. The summed E-state index contributed by atoms with van der Waals surface area (Å²) in [6, 6.07) is 8.83. The fourth-order valence-electron chi connectivity index (χ4n) is 1.60. The van der Waals surface area contributed by atoms with Gasteiger partial charge in [-0.1, -0.05) is 44.2 Å². The molecular formula is C13H17ClO2. The molecule has 88 valence electrons. The van der Waals surface area contributed by atoms with Crippen molar-refractivity contribution >= 4 is 17.4 Å². The van der Waals surface area contributed by atoms with E-state index in [0.29, 0.717) is 18.4 Å². The van der Waals surface area contributed by atoms with Gasteiger partial charge in [0.25, 0.3) is 0 Å². The van der Waals surface area contributed by atoms with Gasteiger partial charge >= 0.3 is 0 Å². The van der Waals surface area contributed by atoms with Gasteiger partial charge in [-0.15, -0.1) is 11.6 Å². The molecule has 0 aliphatic rings. The van der Waals surface area contributed by atoms with E-state index in [1.165, 1.54) is 0 Å². The summed E-state index contributed by atoms with van der Waals surface area (Å²) in [6.45, 7) is 3.66. The number of carbonyl (C=O) groups is 1. The molecule has 0 aliphatic heterocycles. The monoisotopic (exact) mass is 240 g/mol. The van der Waals surface area contributed by atoms with Crippen LogP contribution in [0.2, 0.25) is 0 Å². The Morgan fingerprint density at radius 1 is 1.31 bits per heavy atom. The highest BCUT2D eigenvalue weighted by atomic mass is 35.5. The molecule has 3 heteroatoms. The van der Waals surface area contributed by atoms with Crippen molar-refractivity contribution < 1.29 is 9.90 Å². The Kier molecular flexibility index (Phi) is 4.51. The molecule has 1 rings (SSSR count). The zero-order valence-electron chi connectivity index (χ0n) is 9.61. The van der Waals surface area contributed by atoms with Gasteiger partial charge in [-0.05, 0) is 12.8 Å². The third kappa shape index (κ3) is 2.63. The molecule has 0 aliphatic carbocycles. The third-order valence-electron chi connectivity index (χ3n) is 2.98. The Labute approximate surface area is 101 Å². The highest BCUT2D eigenvalue weighted by Gasteiger charge is 2.37. The molecule has 1 aromatic carbocycles. The van der Waals surface area contributed by atoms with E-state index in [-0.39, 0.29) is 5.78 Å². The average molecular weight is 241 g/mol. The minimum absolute atomic E-state index is 0.214. The molecule has 0 spiro atoms. The molecule has 0 saturated heterocycles. The minimum atomic E-state index is -1.12. The highest BCUT2D eigenvalue weighted by Crippen LogP contribution is 2.27. The van der Waals surface area contributed by atoms with E-state index in [1.807, 2.05) is 19.9 Å². The topological polar surface area (TPSA) is 37.3 Å². The van der Waals surface area contributed by atoms with E-state index in [1.54, 1.807) is 24.3 Å². The van der Waals surface area contributed by atoms with Crippen LogP contribution in [0.4, 0.5) is 0 Å². The fraction of sp³-hybridized carbons (Fsp3) is 0.462. The maximum absolute atomic E-state index is 12.0. The number of hydrogen-bond acceptors (Lipinski definition) is 2. The second-order valence-corrected chi connectivity index (χ2v) is 4.34. The molecule has 0 bridgehead atoms. The molecule has 0 aromatic heterocycles. The molecule has 16 heavy (non-hydrogen) atoms. The molecule has 2 nitrogen and oxygen atoms in total. The summed E-state index contributed by atoms with van der Waals surface area (Å²) in [5, 5.41) is 9.29. The summed E-state index contributed by atoms with van der Waals surface area (Å²) in [5.74, 6) is -0.214. The van der Waals surface area contributed by atoms with Crippen molar-refractivity contribution in [2.24, 2.45) is 0 Å². The standard InChI is InChI=1S/C13H17ClO2/c1-3-13(16,4-2)12(14)11(15)10-8-6-5-7-9-10/h5-9,12,16H,3-4H2,1-2H3/t12-/m1/s1. The Bertz CT molecular complexity index is 344. The first-order valence-electron chi connectivity index (χ1n) is 5.51. The van der Waals surface area contributed by atoms with Gasteiger partial charge in [-0.25, -0.2) is 0 Å². The maximum atomic E-state index is 12.0. The average Bonchev–Trinajstić information content (AvgIpc) is 2.37. The van der Waals surface area contributed by atoms with Crippen molar-refractivity contribution in [3.05, 3.63) is 35.9 Å². The van der Waals surface area contributed by atoms with Crippen molar-refractivity contribution in [2.75, 3.05) is 0 Å². The summed E-state index contributed by atoms with van der Waals surface area (Å²) >= 11 is 6.07. The zero-order chi connectivity index (χ0) is 12.2.